The van der Waals surface area contributed by atoms with Gasteiger partial charge in [-0.3, -0.25) is 4.79 Å². The van der Waals surface area contributed by atoms with Crippen LogP contribution in [0.1, 0.15) is 28.2 Å². The van der Waals surface area contributed by atoms with E-state index >= 15 is 0 Å². The minimum Gasteiger partial charge on any atom is -0.403 e. The van der Waals surface area contributed by atoms with Crippen molar-refractivity contribution in [3.63, 3.8) is 0 Å². The van der Waals surface area contributed by atoms with Crippen molar-refractivity contribution in [2.75, 3.05) is 0 Å². The summed E-state index contributed by atoms with van der Waals surface area (Å²) in [5, 5.41) is 0. The number of halogens is 5. The topological polar surface area (TPSA) is 65.2 Å². The average molecular weight is 270 g/mol. The SMILES string of the molecule is NCc1cc(OC(F)(F)F)c(C=O)nc1C(F)F. The number of hydrogen-bond acceptors (Lipinski definition) is 4. The summed E-state index contributed by atoms with van der Waals surface area (Å²) in [6.07, 6.45) is -8.22. The van der Waals surface area contributed by atoms with E-state index in [1.165, 1.54) is 0 Å². The molecule has 0 unspecified atom stereocenters. The Labute approximate surface area is 97.6 Å². The summed E-state index contributed by atoms with van der Waals surface area (Å²) >= 11 is 0. The van der Waals surface area contributed by atoms with E-state index in [9.17, 15) is 26.7 Å². The number of ether oxygens (including phenoxy) is 1. The van der Waals surface area contributed by atoms with Crippen LogP contribution in [0.15, 0.2) is 6.07 Å². The maximum Gasteiger partial charge on any atom is 0.573 e. The highest BCUT2D eigenvalue weighted by atomic mass is 19.4. The van der Waals surface area contributed by atoms with Gasteiger partial charge in [0.1, 0.15) is 11.4 Å². The Morgan fingerprint density at radius 1 is 1.44 bits per heavy atom. The minimum absolute atomic E-state index is 0.104. The lowest BCUT2D eigenvalue weighted by atomic mass is 10.1. The molecular weight excluding hydrogens is 263 g/mol. The molecule has 0 radical (unpaired) electrons. The van der Waals surface area contributed by atoms with Gasteiger partial charge in [0.25, 0.3) is 6.43 Å². The summed E-state index contributed by atoms with van der Waals surface area (Å²) < 4.78 is 64.5. The number of aldehydes is 1. The van der Waals surface area contributed by atoms with Gasteiger partial charge in [0.2, 0.25) is 0 Å². The van der Waals surface area contributed by atoms with Crippen LogP contribution in [-0.2, 0) is 6.54 Å². The molecule has 0 saturated heterocycles. The molecular formula is C9H7F5N2O2. The maximum atomic E-state index is 12.5. The standard InChI is InChI=1S/C9H7F5N2O2/c10-8(11)7-4(2-15)1-6(5(3-17)16-7)18-9(12,13)14/h1,3,8H,2,15H2. The number of nitrogens with two attached hydrogens (primary N) is 1. The molecule has 4 nitrogen and oxygen atoms in total. The zero-order valence-corrected chi connectivity index (χ0v) is 8.67. The van der Waals surface area contributed by atoms with Crippen LogP contribution in [0.5, 0.6) is 5.75 Å². The first-order valence-corrected chi connectivity index (χ1v) is 4.51. The van der Waals surface area contributed by atoms with Crippen molar-refractivity contribution >= 4 is 6.29 Å². The highest BCUT2D eigenvalue weighted by molar-refractivity contribution is 5.76. The van der Waals surface area contributed by atoms with Gasteiger partial charge < -0.3 is 10.5 Å². The van der Waals surface area contributed by atoms with Crippen molar-refractivity contribution in [1.29, 1.82) is 0 Å². The second kappa shape index (κ2) is 5.25. The predicted octanol–water partition coefficient (Wildman–Crippen LogP) is 2.19. The Balaban J connectivity index is 3.30. The fraction of sp³-hybridized carbons (Fsp3) is 0.333. The third-order valence-electron chi connectivity index (χ3n) is 1.89. The van der Waals surface area contributed by atoms with Crippen LogP contribution < -0.4 is 10.5 Å². The minimum atomic E-state index is -5.06. The lowest BCUT2D eigenvalue weighted by Crippen LogP contribution is -2.19. The first-order chi connectivity index (χ1) is 8.28. The monoisotopic (exact) mass is 270 g/mol. The molecule has 0 atom stereocenters. The Morgan fingerprint density at radius 3 is 2.44 bits per heavy atom. The second-order valence-corrected chi connectivity index (χ2v) is 3.09. The molecule has 2 N–H and O–H groups in total. The normalized spacial score (nSPS) is 11.7. The summed E-state index contributed by atoms with van der Waals surface area (Å²) in [5.74, 6) is -0.956. The van der Waals surface area contributed by atoms with Crippen LogP contribution >= 0.6 is 0 Å². The summed E-state index contributed by atoms with van der Waals surface area (Å²) in [5.41, 5.74) is 3.09. The van der Waals surface area contributed by atoms with Crippen molar-refractivity contribution in [1.82, 2.24) is 4.98 Å². The van der Waals surface area contributed by atoms with Crippen LogP contribution in [-0.4, -0.2) is 17.6 Å². The summed E-state index contributed by atoms with van der Waals surface area (Å²) in [7, 11) is 0. The molecule has 1 heterocycles. The molecule has 0 aliphatic heterocycles. The third-order valence-corrected chi connectivity index (χ3v) is 1.89. The van der Waals surface area contributed by atoms with Crippen molar-refractivity contribution in [3.05, 3.63) is 23.0 Å². The smallest absolute Gasteiger partial charge is 0.403 e. The Bertz CT molecular complexity index is 447. The van der Waals surface area contributed by atoms with E-state index in [2.05, 4.69) is 9.72 Å². The number of carbonyl (C=O) groups excluding carboxylic acids is 1. The van der Waals surface area contributed by atoms with Gasteiger partial charge in [-0.1, -0.05) is 0 Å². The summed E-state index contributed by atoms with van der Waals surface area (Å²) in [6.45, 7) is -0.458. The zero-order valence-electron chi connectivity index (χ0n) is 8.67. The van der Waals surface area contributed by atoms with Crippen molar-refractivity contribution < 1.29 is 31.5 Å². The lowest BCUT2D eigenvalue weighted by Gasteiger charge is -2.13. The van der Waals surface area contributed by atoms with Gasteiger partial charge in [-0.05, 0) is 11.6 Å². The Morgan fingerprint density at radius 2 is 2.06 bits per heavy atom. The number of aromatic nitrogens is 1. The number of hydrogen-bond donors (Lipinski definition) is 1. The van der Waals surface area contributed by atoms with Crippen LogP contribution in [0.25, 0.3) is 0 Å². The van der Waals surface area contributed by atoms with E-state index in [1.807, 2.05) is 0 Å². The Hall–Kier alpha value is -1.77. The summed E-state index contributed by atoms with van der Waals surface area (Å²) in [6, 6.07) is 0.631. The highest BCUT2D eigenvalue weighted by Gasteiger charge is 2.33. The molecule has 1 aromatic heterocycles. The van der Waals surface area contributed by atoms with E-state index < -0.39 is 36.5 Å². The molecule has 0 bridgehead atoms. The third kappa shape index (κ3) is 3.36. The van der Waals surface area contributed by atoms with Crippen LogP contribution in [0.3, 0.4) is 0 Å². The molecule has 0 amide bonds. The number of alkyl halides is 5. The molecule has 0 aliphatic carbocycles. The molecule has 100 valence electrons. The summed E-state index contributed by atoms with van der Waals surface area (Å²) in [4.78, 5) is 13.6. The fourth-order valence-electron chi connectivity index (χ4n) is 1.21. The number of pyridine rings is 1. The highest BCUT2D eigenvalue weighted by Crippen LogP contribution is 2.29. The maximum absolute atomic E-state index is 12.5. The van der Waals surface area contributed by atoms with E-state index in [1.54, 1.807) is 0 Å². The molecule has 18 heavy (non-hydrogen) atoms. The van der Waals surface area contributed by atoms with Crippen LogP contribution in [0, 0.1) is 0 Å². The quantitative estimate of drug-likeness (QED) is 0.672. The molecule has 0 saturated carbocycles. The Kier molecular flexibility index (Phi) is 4.17. The first-order valence-electron chi connectivity index (χ1n) is 4.51. The van der Waals surface area contributed by atoms with Crippen molar-refractivity contribution in [2.45, 2.75) is 19.3 Å². The van der Waals surface area contributed by atoms with E-state index in [-0.39, 0.29) is 11.8 Å². The predicted molar refractivity (Wildman–Crippen MR) is 49.2 cm³/mol. The van der Waals surface area contributed by atoms with Gasteiger partial charge in [0.05, 0.1) is 0 Å². The molecule has 9 heteroatoms. The number of nitrogens with zero attached hydrogens (tertiary/aromatic N) is 1. The van der Waals surface area contributed by atoms with E-state index in [0.717, 1.165) is 0 Å². The van der Waals surface area contributed by atoms with Gasteiger partial charge in [0.15, 0.2) is 12.0 Å². The largest absolute Gasteiger partial charge is 0.573 e. The first kappa shape index (κ1) is 14.3. The molecule has 1 rings (SSSR count). The van der Waals surface area contributed by atoms with Gasteiger partial charge >= 0.3 is 6.36 Å². The van der Waals surface area contributed by atoms with Crippen LogP contribution in [0.2, 0.25) is 0 Å². The lowest BCUT2D eigenvalue weighted by molar-refractivity contribution is -0.274. The molecule has 0 spiro atoms. The zero-order chi connectivity index (χ0) is 13.9. The molecule has 0 aromatic carbocycles. The van der Waals surface area contributed by atoms with Crippen LogP contribution in [0.4, 0.5) is 22.0 Å². The number of carbonyl (C=O) groups is 1. The average Bonchev–Trinajstić information content (AvgIpc) is 2.25. The van der Waals surface area contributed by atoms with E-state index in [4.69, 9.17) is 5.73 Å². The van der Waals surface area contributed by atoms with E-state index in [0.29, 0.717) is 6.07 Å². The molecule has 0 fully saturated rings. The fourth-order valence-corrected chi connectivity index (χ4v) is 1.21. The van der Waals surface area contributed by atoms with Gasteiger partial charge in [-0.2, -0.15) is 0 Å². The second-order valence-electron chi connectivity index (χ2n) is 3.09. The van der Waals surface area contributed by atoms with Gasteiger partial charge in [0, 0.05) is 6.54 Å². The van der Waals surface area contributed by atoms with Crippen molar-refractivity contribution in [3.8, 4) is 5.75 Å². The number of rotatable bonds is 4. The van der Waals surface area contributed by atoms with Gasteiger partial charge in [-0.25, -0.2) is 13.8 Å². The van der Waals surface area contributed by atoms with Crippen molar-refractivity contribution in [2.24, 2.45) is 5.73 Å². The molecule has 1 aromatic rings. The molecule has 0 aliphatic rings. The van der Waals surface area contributed by atoms with Gasteiger partial charge in [-0.15, -0.1) is 13.2 Å².